The smallest absolute Gasteiger partial charge is 0.335 e. The number of aliphatic hydroxyl groups excluding tert-OH is 1. The number of halogens is 1. The molecular weight excluding hydrogens is 414 g/mol. The highest BCUT2D eigenvalue weighted by molar-refractivity contribution is 6.30. The van der Waals surface area contributed by atoms with Crippen molar-refractivity contribution in [3.63, 3.8) is 0 Å². The van der Waals surface area contributed by atoms with Crippen LogP contribution in [0, 0.1) is 0 Å². The number of hydrogen-bond donors (Lipinski definition) is 2. The summed E-state index contributed by atoms with van der Waals surface area (Å²) in [6, 6.07) is 14.4. The Hall–Kier alpha value is -2.63. The molecule has 2 N–H and O–H groups in total. The van der Waals surface area contributed by atoms with E-state index in [2.05, 4.69) is 0 Å². The number of likely N-dealkylation sites (tertiary alicyclic amines) is 1. The topological polar surface area (TPSA) is 77.8 Å². The van der Waals surface area contributed by atoms with Gasteiger partial charge in [-0.2, -0.15) is 0 Å². The highest BCUT2D eigenvalue weighted by atomic mass is 35.5. The molecule has 1 aliphatic carbocycles. The first-order chi connectivity index (χ1) is 14.9. The Labute approximate surface area is 187 Å². The van der Waals surface area contributed by atoms with E-state index in [9.17, 15) is 14.7 Å². The van der Waals surface area contributed by atoms with E-state index < -0.39 is 12.1 Å². The Morgan fingerprint density at radius 1 is 1.16 bits per heavy atom. The van der Waals surface area contributed by atoms with E-state index in [4.69, 9.17) is 16.7 Å². The number of carbonyl (C=O) groups is 2. The van der Waals surface area contributed by atoms with Crippen molar-refractivity contribution in [2.24, 2.45) is 0 Å². The number of carboxylic acids is 1. The predicted molar refractivity (Wildman–Crippen MR) is 119 cm³/mol. The van der Waals surface area contributed by atoms with E-state index in [1.54, 1.807) is 24.3 Å². The lowest BCUT2D eigenvalue weighted by Crippen LogP contribution is -2.34. The summed E-state index contributed by atoms with van der Waals surface area (Å²) in [5.74, 6) is -0.831. The van der Waals surface area contributed by atoms with E-state index >= 15 is 0 Å². The van der Waals surface area contributed by atoms with E-state index in [1.165, 1.54) is 0 Å². The normalized spacial score (nSPS) is 20.9. The molecule has 1 saturated heterocycles. The van der Waals surface area contributed by atoms with Gasteiger partial charge >= 0.3 is 5.97 Å². The summed E-state index contributed by atoms with van der Waals surface area (Å²) in [5, 5.41) is 20.6. The molecule has 2 aliphatic rings. The lowest BCUT2D eigenvalue weighted by molar-refractivity contribution is -0.128. The first-order valence-electron chi connectivity index (χ1n) is 10.6. The highest BCUT2D eigenvalue weighted by Crippen LogP contribution is 2.51. The van der Waals surface area contributed by atoms with Crippen molar-refractivity contribution in [2.45, 2.75) is 49.7 Å². The minimum atomic E-state index is -0.947. The molecule has 6 heteroatoms. The van der Waals surface area contributed by atoms with Crippen molar-refractivity contribution in [3.8, 4) is 0 Å². The van der Waals surface area contributed by atoms with Gasteiger partial charge in [0.15, 0.2) is 0 Å². The molecule has 4 rings (SSSR count). The molecule has 162 valence electrons. The third-order valence-corrected chi connectivity index (χ3v) is 6.76. The molecule has 0 spiro atoms. The molecule has 2 atom stereocenters. The maximum atomic E-state index is 12.4. The zero-order chi connectivity index (χ0) is 22.0. The van der Waals surface area contributed by atoms with Gasteiger partial charge in [0.1, 0.15) is 0 Å². The molecule has 2 aromatic carbocycles. The SMILES string of the molecule is O=C(O)c1ccc(CCN2C(=O)CC[C@@H]2C=CC(O)C2(c3ccc(Cl)cc3)CC2)cc1. The summed E-state index contributed by atoms with van der Waals surface area (Å²) in [6.45, 7) is 0.568. The van der Waals surface area contributed by atoms with Crippen LogP contribution in [0.2, 0.25) is 5.02 Å². The average Bonchev–Trinajstić information content (AvgIpc) is 3.50. The minimum absolute atomic E-state index is 0.0264. The van der Waals surface area contributed by atoms with Crippen molar-refractivity contribution >= 4 is 23.5 Å². The number of nitrogens with zero attached hydrogens (tertiary/aromatic N) is 1. The van der Waals surface area contributed by atoms with Crippen LogP contribution in [0.1, 0.15) is 47.2 Å². The van der Waals surface area contributed by atoms with Gasteiger partial charge in [0.05, 0.1) is 17.7 Å². The fourth-order valence-electron chi connectivity index (χ4n) is 4.40. The van der Waals surface area contributed by atoms with Crippen LogP contribution >= 0.6 is 11.6 Å². The Morgan fingerprint density at radius 3 is 2.45 bits per heavy atom. The third kappa shape index (κ3) is 4.68. The number of carboxylic acid groups (broad SMARTS) is 1. The molecule has 1 unspecified atom stereocenters. The average molecular weight is 440 g/mol. The van der Waals surface area contributed by atoms with Crippen LogP contribution < -0.4 is 0 Å². The Balaban J connectivity index is 1.39. The van der Waals surface area contributed by atoms with Crippen molar-refractivity contribution in [2.75, 3.05) is 6.54 Å². The molecule has 31 heavy (non-hydrogen) atoms. The molecule has 0 bridgehead atoms. The number of aromatic carboxylic acids is 1. The summed E-state index contributed by atoms with van der Waals surface area (Å²) in [4.78, 5) is 25.2. The first-order valence-corrected chi connectivity index (χ1v) is 11.0. The van der Waals surface area contributed by atoms with Crippen molar-refractivity contribution in [1.29, 1.82) is 0 Å². The molecule has 1 saturated carbocycles. The van der Waals surface area contributed by atoms with Gasteiger partial charge in [0.25, 0.3) is 0 Å². The second-order valence-electron chi connectivity index (χ2n) is 8.44. The van der Waals surface area contributed by atoms with E-state index in [-0.39, 0.29) is 22.9 Å². The summed E-state index contributed by atoms with van der Waals surface area (Å²) >= 11 is 5.99. The van der Waals surface area contributed by atoms with Gasteiger partial charge in [-0.25, -0.2) is 4.79 Å². The number of hydrogen-bond acceptors (Lipinski definition) is 3. The Morgan fingerprint density at radius 2 is 1.84 bits per heavy atom. The molecular formula is C25H26ClNO4. The fourth-order valence-corrected chi connectivity index (χ4v) is 4.53. The highest BCUT2D eigenvalue weighted by Gasteiger charge is 2.49. The van der Waals surface area contributed by atoms with E-state index in [0.29, 0.717) is 24.4 Å². The van der Waals surface area contributed by atoms with Crippen LogP contribution in [0.3, 0.4) is 0 Å². The molecule has 0 aromatic heterocycles. The van der Waals surface area contributed by atoms with Gasteiger partial charge in [0.2, 0.25) is 5.91 Å². The lowest BCUT2D eigenvalue weighted by atomic mass is 9.89. The largest absolute Gasteiger partial charge is 0.478 e. The molecule has 1 heterocycles. The Bertz CT molecular complexity index is 980. The lowest BCUT2D eigenvalue weighted by Gasteiger charge is -2.24. The zero-order valence-electron chi connectivity index (χ0n) is 17.2. The van der Waals surface area contributed by atoms with Crippen LogP contribution in [0.25, 0.3) is 0 Å². The molecule has 1 aliphatic heterocycles. The van der Waals surface area contributed by atoms with Crippen LogP contribution in [-0.2, 0) is 16.6 Å². The number of benzene rings is 2. The number of rotatable bonds is 8. The van der Waals surface area contributed by atoms with E-state index in [1.807, 2.05) is 41.3 Å². The third-order valence-electron chi connectivity index (χ3n) is 6.51. The first kappa shape index (κ1) is 21.6. The van der Waals surface area contributed by atoms with Gasteiger partial charge in [-0.05, 0) is 61.1 Å². The van der Waals surface area contributed by atoms with Gasteiger partial charge in [-0.1, -0.05) is 48.0 Å². The van der Waals surface area contributed by atoms with Crippen molar-refractivity contribution in [1.82, 2.24) is 4.90 Å². The summed E-state index contributed by atoms with van der Waals surface area (Å²) in [6.07, 6.45) is 6.99. The minimum Gasteiger partial charge on any atom is -0.478 e. The number of aliphatic hydroxyl groups is 1. The summed E-state index contributed by atoms with van der Waals surface area (Å²) < 4.78 is 0. The molecule has 0 radical (unpaired) electrons. The van der Waals surface area contributed by atoms with Gasteiger partial charge in [0, 0.05) is 23.4 Å². The van der Waals surface area contributed by atoms with Crippen molar-refractivity contribution in [3.05, 3.63) is 82.4 Å². The summed E-state index contributed by atoms with van der Waals surface area (Å²) in [5.41, 5.74) is 2.09. The molecule has 2 fully saturated rings. The maximum Gasteiger partial charge on any atom is 0.335 e. The Kier molecular flexibility index (Phi) is 6.17. The van der Waals surface area contributed by atoms with Gasteiger partial charge < -0.3 is 15.1 Å². The molecule has 5 nitrogen and oxygen atoms in total. The number of amides is 1. The van der Waals surface area contributed by atoms with Crippen LogP contribution in [0.4, 0.5) is 0 Å². The second kappa shape index (κ2) is 8.85. The van der Waals surface area contributed by atoms with Gasteiger partial charge in [-0.15, -0.1) is 0 Å². The van der Waals surface area contributed by atoms with E-state index in [0.717, 1.165) is 30.4 Å². The summed E-state index contributed by atoms with van der Waals surface area (Å²) in [7, 11) is 0. The quantitative estimate of drug-likeness (QED) is 0.603. The van der Waals surface area contributed by atoms with Crippen molar-refractivity contribution < 1.29 is 19.8 Å². The van der Waals surface area contributed by atoms with Gasteiger partial charge in [-0.3, -0.25) is 4.79 Å². The van der Waals surface area contributed by atoms with Crippen LogP contribution in [-0.4, -0.2) is 45.7 Å². The van der Waals surface area contributed by atoms with Crippen LogP contribution in [0.15, 0.2) is 60.7 Å². The second-order valence-corrected chi connectivity index (χ2v) is 8.87. The monoisotopic (exact) mass is 439 g/mol. The van der Waals surface area contributed by atoms with Crippen LogP contribution in [0.5, 0.6) is 0 Å². The fraction of sp³-hybridized carbons (Fsp3) is 0.360. The standard InChI is InChI=1S/C25H26ClNO4/c26-20-7-5-19(6-8-20)25(14-15-25)22(28)11-9-21-10-12-23(29)27(21)16-13-17-1-3-18(4-2-17)24(30)31/h1-9,11,21-22,28H,10,12-16H2,(H,30,31)/t21-,22?/m0/s1. The number of carbonyl (C=O) groups excluding carboxylic acids is 1. The zero-order valence-corrected chi connectivity index (χ0v) is 18.0. The predicted octanol–water partition coefficient (Wildman–Crippen LogP) is 4.22. The maximum absolute atomic E-state index is 12.4. The molecule has 1 amide bonds. The molecule has 2 aromatic rings.